The Hall–Kier alpha value is -1.72. The van der Waals surface area contributed by atoms with Gasteiger partial charge in [0, 0.05) is 6.54 Å². The number of benzene rings is 1. The lowest BCUT2D eigenvalue weighted by molar-refractivity contribution is 0.0531. The quantitative estimate of drug-likeness (QED) is 0.154. The number of ether oxygens (including phenoxy) is 2. The number of thiazole rings is 1. The van der Waals surface area contributed by atoms with Gasteiger partial charge in [-0.15, -0.1) is 35.3 Å². The molecule has 2 aromatic rings. The van der Waals surface area contributed by atoms with Crippen molar-refractivity contribution in [3.8, 4) is 0 Å². The van der Waals surface area contributed by atoms with Gasteiger partial charge in [-0.2, -0.15) is 0 Å². The number of nitrogens with one attached hydrogen (secondary N) is 2. The molecule has 9 heteroatoms. The summed E-state index contributed by atoms with van der Waals surface area (Å²) in [6.45, 7) is 10.4. The molecular formula is C21H31IN4O3S. The molecule has 2 rings (SSSR count). The van der Waals surface area contributed by atoms with Gasteiger partial charge in [0.1, 0.15) is 9.88 Å². The van der Waals surface area contributed by atoms with E-state index in [-0.39, 0.29) is 36.0 Å². The molecule has 1 heterocycles. The van der Waals surface area contributed by atoms with E-state index in [1.807, 2.05) is 51.1 Å². The Balaban J connectivity index is 0.00000450. The van der Waals surface area contributed by atoms with Crippen LogP contribution in [0, 0.1) is 6.92 Å². The number of esters is 1. The summed E-state index contributed by atoms with van der Waals surface area (Å²) < 4.78 is 10.8. The molecule has 0 aliphatic rings. The number of carbonyl (C=O) groups excluding carboxylic acids is 1. The number of carbonyl (C=O) groups is 1. The van der Waals surface area contributed by atoms with Crippen LogP contribution in [0.1, 0.15) is 52.7 Å². The number of hydrogen-bond acceptors (Lipinski definition) is 6. The van der Waals surface area contributed by atoms with E-state index in [4.69, 9.17) is 9.47 Å². The van der Waals surface area contributed by atoms with Crippen LogP contribution < -0.4 is 10.6 Å². The van der Waals surface area contributed by atoms with Gasteiger partial charge < -0.3 is 20.1 Å². The molecule has 0 saturated heterocycles. The van der Waals surface area contributed by atoms with E-state index < -0.39 is 0 Å². The molecule has 7 nitrogen and oxygen atoms in total. The molecule has 0 saturated carbocycles. The van der Waals surface area contributed by atoms with Crippen LogP contribution in [0.2, 0.25) is 0 Å². The maximum Gasteiger partial charge on any atom is 0.350 e. The molecule has 0 spiro atoms. The largest absolute Gasteiger partial charge is 0.462 e. The van der Waals surface area contributed by atoms with Gasteiger partial charge in [0.05, 0.1) is 38.1 Å². The molecular weight excluding hydrogens is 515 g/mol. The maximum atomic E-state index is 12.0. The lowest BCUT2D eigenvalue weighted by Crippen LogP contribution is -2.39. The molecule has 30 heavy (non-hydrogen) atoms. The van der Waals surface area contributed by atoms with Crippen molar-refractivity contribution in [2.75, 3.05) is 26.3 Å². The second-order valence-electron chi connectivity index (χ2n) is 6.35. The van der Waals surface area contributed by atoms with Crippen molar-refractivity contribution in [3.05, 3.63) is 51.5 Å². The first-order valence-electron chi connectivity index (χ1n) is 9.86. The zero-order chi connectivity index (χ0) is 21.1. The molecule has 0 bridgehead atoms. The summed E-state index contributed by atoms with van der Waals surface area (Å²) in [5, 5.41) is 7.37. The van der Waals surface area contributed by atoms with Crippen molar-refractivity contribution in [1.29, 1.82) is 0 Å². The van der Waals surface area contributed by atoms with Gasteiger partial charge in [0.15, 0.2) is 5.96 Å². The SMILES string of the molecule is CCNC(=NCCOCc1ccccc1)NC(C)c1nc(C)c(C(=O)OCC)s1.I. The van der Waals surface area contributed by atoms with Crippen LogP contribution in [0.5, 0.6) is 0 Å². The summed E-state index contributed by atoms with van der Waals surface area (Å²) in [5.74, 6) is 0.367. The summed E-state index contributed by atoms with van der Waals surface area (Å²) >= 11 is 1.35. The molecule has 1 aromatic heterocycles. The first kappa shape index (κ1) is 26.3. The number of aromatic nitrogens is 1. The predicted octanol–water partition coefficient (Wildman–Crippen LogP) is 4.08. The predicted molar refractivity (Wildman–Crippen MR) is 132 cm³/mol. The lowest BCUT2D eigenvalue weighted by Gasteiger charge is -2.16. The van der Waals surface area contributed by atoms with E-state index in [0.29, 0.717) is 42.9 Å². The van der Waals surface area contributed by atoms with Crippen LogP contribution in [0.25, 0.3) is 0 Å². The standard InChI is InChI=1S/C21H30N4O3S.HI/c1-5-22-21(23-12-13-27-14-17-10-8-7-9-11-17)25-16(4)19-24-15(3)18(29-19)20(26)28-6-2;/h7-11,16H,5-6,12-14H2,1-4H3,(H2,22,23,25);1H. The van der Waals surface area contributed by atoms with Gasteiger partial charge in [0.2, 0.25) is 0 Å². The van der Waals surface area contributed by atoms with Crippen molar-refractivity contribution in [2.24, 2.45) is 4.99 Å². The fourth-order valence-corrected chi connectivity index (χ4v) is 3.52. The number of nitrogens with zero attached hydrogens (tertiary/aromatic N) is 2. The highest BCUT2D eigenvalue weighted by molar-refractivity contribution is 14.0. The minimum absolute atomic E-state index is 0. The van der Waals surface area contributed by atoms with Gasteiger partial charge >= 0.3 is 5.97 Å². The van der Waals surface area contributed by atoms with Crippen LogP contribution in [0.4, 0.5) is 0 Å². The van der Waals surface area contributed by atoms with Gasteiger partial charge in [-0.3, -0.25) is 4.99 Å². The smallest absolute Gasteiger partial charge is 0.350 e. The average Bonchev–Trinajstić information content (AvgIpc) is 3.11. The normalized spacial score (nSPS) is 12.1. The molecule has 1 unspecified atom stereocenters. The third-order valence-corrected chi connectivity index (χ3v) is 5.28. The van der Waals surface area contributed by atoms with E-state index in [2.05, 4.69) is 20.6 Å². The fraction of sp³-hybridized carbons (Fsp3) is 0.476. The Morgan fingerprint density at radius 2 is 2.00 bits per heavy atom. The van der Waals surface area contributed by atoms with Crippen molar-refractivity contribution >= 4 is 47.2 Å². The number of aryl methyl sites for hydroxylation is 1. The molecule has 0 aliphatic heterocycles. The van der Waals surface area contributed by atoms with Gasteiger partial charge in [-0.25, -0.2) is 9.78 Å². The van der Waals surface area contributed by atoms with Crippen LogP contribution in [-0.4, -0.2) is 43.2 Å². The lowest BCUT2D eigenvalue weighted by atomic mass is 10.2. The highest BCUT2D eigenvalue weighted by Gasteiger charge is 2.20. The molecule has 0 aliphatic carbocycles. The molecule has 0 fully saturated rings. The number of aliphatic imine (C=N–C) groups is 1. The monoisotopic (exact) mass is 546 g/mol. The summed E-state index contributed by atoms with van der Waals surface area (Å²) in [5.41, 5.74) is 1.83. The number of rotatable bonds is 10. The van der Waals surface area contributed by atoms with Crippen LogP contribution >= 0.6 is 35.3 Å². The third kappa shape index (κ3) is 8.57. The van der Waals surface area contributed by atoms with E-state index in [1.54, 1.807) is 6.92 Å². The fourth-order valence-electron chi connectivity index (χ4n) is 2.56. The average molecular weight is 546 g/mol. The molecule has 1 atom stereocenters. The molecule has 1 aromatic carbocycles. The Kier molecular flexibility index (Phi) is 12.6. The van der Waals surface area contributed by atoms with E-state index in [9.17, 15) is 4.79 Å². The summed E-state index contributed by atoms with van der Waals surface area (Å²) in [6, 6.07) is 9.97. The molecule has 0 radical (unpaired) electrons. The minimum atomic E-state index is -0.322. The summed E-state index contributed by atoms with van der Waals surface area (Å²) in [4.78, 5) is 21.6. The molecule has 2 N–H and O–H groups in total. The zero-order valence-corrected chi connectivity index (χ0v) is 21.1. The zero-order valence-electron chi connectivity index (χ0n) is 17.9. The van der Waals surface area contributed by atoms with Crippen molar-refractivity contribution in [2.45, 2.75) is 40.3 Å². The van der Waals surface area contributed by atoms with Crippen LogP contribution in [0.3, 0.4) is 0 Å². The van der Waals surface area contributed by atoms with Crippen LogP contribution in [-0.2, 0) is 16.1 Å². The van der Waals surface area contributed by atoms with E-state index in [1.165, 1.54) is 11.3 Å². The number of halogens is 1. The highest BCUT2D eigenvalue weighted by atomic mass is 127. The Morgan fingerprint density at radius 1 is 1.27 bits per heavy atom. The number of hydrogen-bond donors (Lipinski definition) is 2. The Labute approximate surface area is 199 Å². The molecule has 166 valence electrons. The topological polar surface area (TPSA) is 84.8 Å². The van der Waals surface area contributed by atoms with E-state index >= 15 is 0 Å². The summed E-state index contributed by atoms with van der Waals surface area (Å²) in [7, 11) is 0. The van der Waals surface area contributed by atoms with Gasteiger partial charge in [-0.05, 0) is 33.3 Å². The molecule has 0 amide bonds. The van der Waals surface area contributed by atoms with E-state index in [0.717, 1.165) is 17.1 Å². The summed E-state index contributed by atoms with van der Waals surface area (Å²) in [6.07, 6.45) is 0. The Bertz CT molecular complexity index is 799. The first-order chi connectivity index (χ1) is 14.0. The highest BCUT2D eigenvalue weighted by Crippen LogP contribution is 2.24. The second kappa shape index (κ2) is 14.3. The van der Waals surface area contributed by atoms with Crippen molar-refractivity contribution in [1.82, 2.24) is 15.6 Å². The van der Waals surface area contributed by atoms with Gasteiger partial charge in [-0.1, -0.05) is 30.3 Å². The Morgan fingerprint density at radius 3 is 2.67 bits per heavy atom. The second-order valence-corrected chi connectivity index (χ2v) is 7.38. The van der Waals surface area contributed by atoms with Crippen molar-refractivity contribution in [3.63, 3.8) is 0 Å². The van der Waals surface area contributed by atoms with Crippen LogP contribution in [0.15, 0.2) is 35.3 Å². The van der Waals surface area contributed by atoms with Crippen molar-refractivity contribution < 1.29 is 14.3 Å². The van der Waals surface area contributed by atoms with Gasteiger partial charge in [0.25, 0.3) is 0 Å². The maximum absolute atomic E-state index is 12.0. The third-order valence-electron chi connectivity index (χ3n) is 3.96. The number of guanidine groups is 1. The first-order valence-corrected chi connectivity index (χ1v) is 10.7. The minimum Gasteiger partial charge on any atom is -0.462 e.